The summed E-state index contributed by atoms with van der Waals surface area (Å²) in [5.74, 6) is 1.04. The van der Waals surface area contributed by atoms with Gasteiger partial charge in [0, 0.05) is 19.7 Å². The number of halogens is 1. The van der Waals surface area contributed by atoms with E-state index in [9.17, 15) is 5.11 Å². The Morgan fingerprint density at radius 1 is 1.26 bits per heavy atom. The summed E-state index contributed by atoms with van der Waals surface area (Å²) in [7, 11) is 0. The second-order valence-electron chi connectivity index (χ2n) is 4.96. The number of anilines is 1. The van der Waals surface area contributed by atoms with Crippen LogP contribution < -0.4 is 4.90 Å². The highest BCUT2D eigenvalue weighted by Crippen LogP contribution is 2.28. The lowest BCUT2D eigenvalue weighted by molar-refractivity contribution is 0.208. The number of hydrogen-bond donors (Lipinski definition) is 1. The third kappa shape index (κ3) is 2.51. The Kier molecular flexibility index (Phi) is 3.53. The molecule has 0 bridgehead atoms. The Morgan fingerprint density at radius 3 is 2.74 bits per heavy atom. The van der Waals surface area contributed by atoms with Crippen molar-refractivity contribution in [3.05, 3.63) is 29.4 Å². The smallest absolute Gasteiger partial charge is 0.172 e. The van der Waals surface area contributed by atoms with Gasteiger partial charge in [-0.05, 0) is 30.9 Å². The summed E-state index contributed by atoms with van der Waals surface area (Å²) in [4.78, 5) is 11.1. The highest BCUT2D eigenvalue weighted by Gasteiger charge is 2.22. The van der Waals surface area contributed by atoms with Gasteiger partial charge in [-0.2, -0.15) is 0 Å². The SMILES string of the molecule is OC[C@@H]1CCCN(c2nc3ccccc3nc2Cl)C1. The predicted molar refractivity (Wildman–Crippen MR) is 76.6 cm³/mol. The maximum atomic E-state index is 9.30. The molecule has 2 aromatic rings. The molecular weight excluding hydrogens is 262 g/mol. The minimum atomic E-state index is 0.217. The van der Waals surface area contributed by atoms with Crippen LogP contribution >= 0.6 is 11.6 Å². The molecule has 100 valence electrons. The fraction of sp³-hybridized carbons (Fsp3) is 0.429. The molecule has 0 radical (unpaired) electrons. The zero-order valence-electron chi connectivity index (χ0n) is 10.6. The van der Waals surface area contributed by atoms with Crippen LogP contribution in [-0.2, 0) is 0 Å². The molecule has 1 saturated heterocycles. The number of aromatic nitrogens is 2. The average Bonchev–Trinajstić information content (AvgIpc) is 2.46. The van der Waals surface area contributed by atoms with Crippen LogP contribution in [0.2, 0.25) is 5.15 Å². The van der Waals surface area contributed by atoms with E-state index in [-0.39, 0.29) is 6.61 Å². The molecule has 2 heterocycles. The molecule has 0 unspecified atom stereocenters. The second-order valence-corrected chi connectivity index (χ2v) is 5.32. The van der Waals surface area contributed by atoms with Crippen LogP contribution in [-0.4, -0.2) is 34.8 Å². The lowest BCUT2D eigenvalue weighted by Crippen LogP contribution is -2.37. The fourth-order valence-corrected chi connectivity index (χ4v) is 2.83. The molecule has 3 rings (SSSR count). The highest BCUT2D eigenvalue weighted by atomic mass is 35.5. The lowest BCUT2D eigenvalue weighted by atomic mass is 9.99. The van der Waals surface area contributed by atoms with Gasteiger partial charge in [-0.3, -0.25) is 0 Å². The Balaban J connectivity index is 1.97. The average molecular weight is 278 g/mol. The first-order valence-electron chi connectivity index (χ1n) is 6.56. The number of aliphatic hydroxyl groups excluding tert-OH is 1. The van der Waals surface area contributed by atoms with Crippen LogP contribution in [0.4, 0.5) is 5.82 Å². The number of nitrogens with zero attached hydrogens (tertiary/aromatic N) is 3. The van der Waals surface area contributed by atoms with Crippen LogP contribution in [0.5, 0.6) is 0 Å². The van der Waals surface area contributed by atoms with Crippen molar-refractivity contribution >= 4 is 28.5 Å². The summed E-state index contributed by atoms with van der Waals surface area (Å²) in [6, 6.07) is 7.72. The van der Waals surface area contributed by atoms with Gasteiger partial charge in [0.05, 0.1) is 11.0 Å². The van der Waals surface area contributed by atoms with Gasteiger partial charge in [0.15, 0.2) is 11.0 Å². The molecule has 1 N–H and O–H groups in total. The van der Waals surface area contributed by atoms with Crippen molar-refractivity contribution in [2.24, 2.45) is 5.92 Å². The van der Waals surface area contributed by atoms with E-state index in [1.54, 1.807) is 0 Å². The van der Waals surface area contributed by atoms with Crippen molar-refractivity contribution in [1.82, 2.24) is 9.97 Å². The van der Waals surface area contributed by atoms with E-state index in [1.807, 2.05) is 24.3 Å². The molecule has 1 atom stereocenters. The molecule has 1 aromatic carbocycles. The quantitative estimate of drug-likeness (QED) is 0.916. The minimum absolute atomic E-state index is 0.217. The molecule has 0 spiro atoms. The normalized spacial score (nSPS) is 19.9. The predicted octanol–water partition coefficient (Wildman–Crippen LogP) is 2.49. The summed E-state index contributed by atoms with van der Waals surface area (Å²) in [6.07, 6.45) is 2.11. The molecule has 19 heavy (non-hydrogen) atoms. The molecule has 0 aliphatic carbocycles. The second kappa shape index (κ2) is 5.31. The van der Waals surface area contributed by atoms with Crippen molar-refractivity contribution in [1.29, 1.82) is 0 Å². The van der Waals surface area contributed by atoms with E-state index in [4.69, 9.17) is 11.6 Å². The third-order valence-electron chi connectivity index (χ3n) is 3.59. The number of para-hydroxylation sites is 2. The van der Waals surface area contributed by atoms with Gasteiger partial charge in [0.1, 0.15) is 0 Å². The van der Waals surface area contributed by atoms with Gasteiger partial charge >= 0.3 is 0 Å². The Morgan fingerprint density at radius 2 is 2.00 bits per heavy atom. The fourth-order valence-electron chi connectivity index (χ4n) is 2.58. The zero-order chi connectivity index (χ0) is 13.2. The van der Waals surface area contributed by atoms with Gasteiger partial charge in [0.2, 0.25) is 0 Å². The largest absolute Gasteiger partial charge is 0.396 e. The minimum Gasteiger partial charge on any atom is -0.396 e. The molecule has 1 aliphatic heterocycles. The Labute approximate surface area is 117 Å². The summed E-state index contributed by atoms with van der Waals surface area (Å²) in [6.45, 7) is 1.93. The van der Waals surface area contributed by atoms with Gasteiger partial charge in [-0.15, -0.1) is 0 Å². The maximum absolute atomic E-state index is 9.30. The topological polar surface area (TPSA) is 49.2 Å². The highest BCUT2D eigenvalue weighted by molar-refractivity contribution is 6.32. The van der Waals surface area contributed by atoms with Gasteiger partial charge in [-0.25, -0.2) is 9.97 Å². The van der Waals surface area contributed by atoms with Gasteiger partial charge in [-0.1, -0.05) is 23.7 Å². The van der Waals surface area contributed by atoms with Gasteiger partial charge in [0.25, 0.3) is 0 Å². The standard InChI is InChI=1S/C14H16ClN3O/c15-13-14(18-7-3-4-10(8-18)9-19)17-12-6-2-1-5-11(12)16-13/h1-2,5-6,10,19H,3-4,7-9H2/t10-/m1/s1. The molecule has 5 heteroatoms. The van der Waals surface area contributed by atoms with E-state index in [0.717, 1.165) is 42.8 Å². The van der Waals surface area contributed by atoms with E-state index in [2.05, 4.69) is 14.9 Å². The summed E-state index contributed by atoms with van der Waals surface area (Å²) in [5, 5.41) is 9.74. The van der Waals surface area contributed by atoms with Crippen molar-refractivity contribution < 1.29 is 5.11 Å². The number of rotatable bonds is 2. The summed E-state index contributed by atoms with van der Waals surface area (Å²) >= 11 is 6.25. The molecule has 4 nitrogen and oxygen atoms in total. The monoisotopic (exact) mass is 277 g/mol. The van der Waals surface area contributed by atoms with Crippen LogP contribution in [0.15, 0.2) is 24.3 Å². The van der Waals surface area contributed by atoms with E-state index in [0.29, 0.717) is 11.1 Å². The van der Waals surface area contributed by atoms with Crippen LogP contribution in [0.1, 0.15) is 12.8 Å². The first kappa shape index (κ1) is 12.6. The number of hydrogen-bond acceptors (Lipinski definition) is 4. The molecule has 1 aliphatic rings. The van der Waals surface area contributed by atoms with E-state index >= 15 is 0 Å². The van der Waals surface area contributed by atoms with E-state index in [1.165, 1.54) is 0 Å². The Hall–Kier alpha value is -1.39. The van der Waals surface area contributed by atoms with Crippen LogP contribution in [0.25, 0.3) is 11.0 Å². The van der Waals surface area contributed by atoms with Crippen molar-refractivity contribution in [2.45, 2.75) is 12.8 Å². The number of aliphatic hydroxyl groups is 1. The summed E-state index contributed by atoms with van der Waals surface area (Å²) in [5.41, 5.74) is 1.67. The van der Waals surface area contributed by atoms with Crippen molar-refractivity contribution in [3.63, 3.8) is 0 Å². The van der Waals surface area contributed by atoms with Crippen LogP contribution in [0, 0.1) is 5.92 Å². The Bertz CT molecular complexity index is 590. The van der Waals surface area contributed by atoms with E-state index < -0.39 is 0 Å². The first-order chi connectivity index (χ1) is 9.28. The summed E-state index contributed by atoms with van der Waals surface area (Å²) < 4.78 is 0. The lowest BCUT2D eigenvalue weighted by Gasteiger charge is -2.32. The van der Waals surface area contributed by atoms with Crippen molar-refractivity contribution in [3.8, 4) is 0 Å². The maximum Gasteiger partial charge on any atom is 0.172 e. The number of fused-ring (bicyclic) bond motifs is 1. The molecule has 1 aromatic heterocycles. The number of benzene rings is 1. The van der Waals surface area contributed by atoms with Crippen molar-refractivity contribution in [2.75, 3.05) is 24.6 Å². The number of piperidine rings is 1. The van der Waals surface area contributed by atoms with Gasteiger partial charge < -0.3 is 10.0 Å². The molecule has 0 saturated carbocycles. The van der Waals surface area contributed by atoms with Crippen LogP contribution in [0.3, 0.4) is 0 Å². The third-order valence-corrected chi connectivity index (χ3v) is 3.84. The molecule has 1 fully saturated rings. The first-order valence-corrected chi connectivity index (χ1v) is 6.94. The zero-order valence-corrected chi connectivity index (χ0v) is 11.3. The molecule has 0 amide bonds. The molecular formula is C14H16ClN3O.